The van der Waals surface area contributed by atoms with Gasteiger partial charge >= 0.3 is 0 Å². The van der Waals surface area contributed by atoms with Crippen molar-refractivity contribution < 1.29 is 0 Å². The number of aryl methyl sites for hydroxylation is 1. The lowest BCUT2D eigenvalue weighted by atomic mass is 9.95. The van der Waals surface area contributed by atoms with Gasteiger partial charge in [0.2, 0.25) is 0 Å². The van der Waals surface area contributed by atoms with Gasteiger partial charge in [0.05, 0.1) is 0 Å². The highest BCUT2D eigenvalue weighted by Gasteiger charge is 2.34. The highest BCUT2D eigenvalue weighted by molar-refractivity contribution is 9.10. The van der Waals surface area contributed by atoms with E-state index >= 15 is 0 Å². The van der Waals surface area contributed by atoms with Crippen molar-refractivity contribution in [3.63, 3.8) is 0 Å². The van der Waals surface area contributed by atoms with E-state index in [9.17, 15) is 0 Å². The maximum atomic E-state index is 3.61. The third-order valence-electron chi connectivity index (χ3n) is 4.99. The highest BCUT2D eigenvalue weighted by atomic mass is 79.9. The van der Waals surface area contributed by atoms with Crippen molar-refractivity contribution in [1.29, 1.82) is 0 Å². The molecule has 110 valence electrons. The van der Waals surface area contributed by atoms with Crippen LogP contribution in [-0.4, -0.2) is 36.6 Å². The Morgan fingerprint density at radius 1 is 1.25 bits per heavy atom. The molecule has 2 saturated heterocycles. The monoisotopic (exact) mass is 336 g/mol. The van der Waals surface area contributed by atoms with Crippen LogP contribution in [0.25, 0.3) is 0 Å². The number of rotatable bonds is 2. The fourth-order valence-electron chi connectivity index (χ4n) is 3.73. The van der Waals surface area contributed by atoms with Gasteiger partial charge in [-0.15, -0.1) is 0 Å². The van der Waals surface area contributed by atoms with Crippen molar-refractivity contribution in [3.8, 4) is 0 Å². The lowest BCUT2D eigenvalue weighted by Crippen LogP contribution is -2.59. The predicted octanol–water partition coefficient (Wildman–Crippen LogP) is 4.21. The van der Waals surface area contributed by atoms with E-state index in [-0.39, 0.29) is 0 Å². The lowest BCUT2D eigenvalue weighted by Gasteiger charge is -2.49. The Kier molecular flexibility index (Phi) is 4.37. The maximum absolute atomic E-state index is 3.61. The molecule has 0 aliphatic carbocycles. The molecule has 0 saturated carbocycles. The molecule has 1 aromatic rings. The number of nitrogens with zero attached hydrogens (tertiary/aromatic N) is 2. The minimum Gasteiger partial charge on any atom is -0.366 e. The number of piperazine rings is 1. The smallest absolute Gasteiger partial charge is 0.0415 e. The number of benzene rings is 1. The van der Waals surface area contributed by atoms with E-state index in [1.807, 2.05) is 0 Å². The zero-order valence-electron chi connectivity index (χ0n) is 12.6. The van der Waals surface area contributed by atoms with Crippen LogP contribution in [0, 0.1) is 6.92 Å². The van der Waals surface area contributed by atoms with Crippen LogP contribution in [0.15, 0.2) is 22.7 Å². The molecule has 2 unspecified atom stereocenters. The first-order valence-corrected chi connectivity index (χ1v) is 8.75. The molecule has 2 aliphatic rings. The molecular formula is C17H25BrN2. The molecule has 2 nitrogen and oxygen atoms in total. The zero-order chi connectivity index (χ0) is 14.1. The SMILES string of the molecule is CCC1CN2CCCCC2CN1c1ccc(Br)c(C)c1. The topological polar surface area (TPSA) is 6.48 Å². The first kappa shape index (κ1) is 14.4. The summed E-state index contributed by atoms with van der Waals surface area (Å²) in [6.45, 7) is 8.28. The van der Waals surface area contributed by atoms with Gasteiger partial charge in [-0.3, -0.25) is 4.90 Å². The Morgan fingerprint density at radius 2 is 2.10 bits per heavy atom. The van der Waals surface area contributed by atoms with Crippen molar-refractivity contribution >= 4 is 21.6 Å². The van der Waals surface area contributed by atoms with E-state index in [0.29, 0.717) is 6.04 Å². The second kappa shape index (κ2) is 6.07. The van der Waals surface area contributed by atoms with Gasteiger partial charge in [-0.25, -0.2) is 0 Å². The average Bonchev–Trinajstić information content (AvgIpc) is 2.48. The van der Waals surface area contributed by atoms with Crippen molar-refractivity contribution in [2.45, 2.75) is 51.6 Å². The van der Waals surface area contributed by atoms with Crippen molar-refractivity contribution in [2.24, 2.45) is 0 Å². The largest absolute Gasteiger partial charge is 0.366 e. The number of hydrogen-bond acceptors (Lipinski definition) is 2. The van der Waals surface area contributed by atoms with Gasteiger partial charge in [0, 0.05) is 35.3 Å². The van der Waals surface area contributed by atoms with Gasteiger partial charge in [-0.05, 0) is 56.5 Å². The first-order valence-electron chi connectivity index (χ1n) is 7.96. The first-order chi connectivity index (χ1) is 9.69. The number of anilines is 1. The standard InChI is InChI=1S/C17H25BrN2/c1-3-14-11-19-9-5-4-6-16(19)12-20(14)15-7-8-17(18)13(2)10-15/h7-8,10,14,16H,3-6,9,11-12H2,1-2H3. The van der Waals surface area contributed by atoms with Gasteiger partial charge in [0.25, 0.3) is 0 Å². The van der Waals surface area contributed by atoms with Gasteiger partial charge < -0.3 is 4.90 Å². The van der Waals surface area contributed by atoms with Crippen LogP contribution >= 0.6 is 15.9 Å². The summed E-state index contributed by atoms with van der Waals surface area (Å²) in [5.41, 5.74) is 2.74. The molecular weight excluding hydrogens is 312 g/mol. The van der Waals surface area contributed by atoms with Crippen LogP contribution in [0.5, 0.6) is 0 Å². The summed E-state index contributed by atoms with van der Waals surface area (Å²) >= 11 is 3.61. The molecule has 0 N–H and O–H groups in total. The van der Waals surface area contributed by atoms with E-state index in [0.717, 1.165) is 6.04 Å². The Balaban J connectivity index is 1.84. The molecule has 0 amide bonds. The Hall–Kier alpha value is -0.540. The molecule has 2 heterocycles. The van der Waals surface area contributed by atoms with Gasteiger partial charge in [-0.2, -0.15) is 0 Å². The van der Waals surface area contributed by atoms with Crippen molar-refractivity contribution in [3.05, 3.63) is 28.2 Å². The third kappa shape index (κ3) is 2.75. The quantitative estimate of drug-likeness (QED) is 0.798. The molecule has 20 heavy (non-hydrogen) atoms. The van der Waals surface area contributed by atoms with E-state index < -0.39 is 0 Å². The molecule has 0 aromatic heterocycles. The Bertz CT molecular complexity index is 474. The molecule has 2 aliphatic heterocycles. The normalized spacial score (nSPS) is 27.4. The van der Waals surface area contributed by atoms with Gasteiger partial charge in [-0.1, -0.05) is 29.3 Å². The summed E-state index contributed by atoms with van der Waals surface area (Å²) in [7, 11) is 0. The summed E-state index contributed by atoms with van der Waals surface area (Å²) in [5, 5.41) is 0. The maximum Gasteiger partial charge on any atom is 0.0415 e. The molecule has 1 aromatic carbocycles. The Morgan fingerprint density at radius 3 is 2.85 bits per heavy atom. The Labute approximate surface area is 131 Å². The molecule has 2 atom stereocenters. The summed E-state index contributed by atoms with van der Waals surface area (Å²) in [4.78, 5) is 5.39. The second-order valence-corrected chi connectivity index (χ2v) is 7.15. The molecule has 3 heteroatoms. The van der Waals surface area contributed by atoms with E-state index in [1.165, 1.54) is 61.0 Å². The van der Waals surface area contributed by atoms with Crippen LogP contribution < -0.4 is 4.90 Å². The summed E-state index contributed by atoms with van der Waals surface area (Å²) < 4.78 is 1.21. The van der Waals surface area contributed by atoms with Gasteiger partial charge in [0.15, 0.2) is 0 Å². The minimum atomic E-state index is 0.671. The second-order valence-electron chi connectivity index (χ2n) is 6.29. The molecule has 0 bridgehead atoms. The van der Waals surface area contributed by atoms with E-state index in [4.69, 9.17) is 0 Å². The van der Waals surface area contributed by atoms with Crippen LogP contribution in [0.4, 0.5) is 5.69 Å². The lowest BCUT2D eigenvalue weighted by molar-refractivity contribution is 0.111. The average molecular weight is 337 g/mol. The summed E-state index contributed by atoms with van der Waals surface area (Å²) in [6, 6.07) is 8.26. The van der Waals surface area contributed by atoms with E-state index in [1.54, 1.807) is 0 Å². The number of piperidine rings is 1. The highest BCUT2D eigenvalue weighted by Crippen LogP contribution is 2.31. The zero-order valence-corrected chi connectivity index (χ0v) is 14.2. The van der Waals surface area contributed by atoms with Crippen molar-refractivity contribution in [2.75, 3.05) is 24.5 Å². The number of halogens is 1. The molecule has 2 fully saturated rings. The van der Waals surface area contributed by atoms with Crippen molar-refractivity contribution in [1.82, 2.24) is 4.90 Å². The van der Waals surface area contributed by atoms with E-state index in [2.05, 4.69) is 57.8 Å². The fraction of sp³-hybridized carbons (Fsp3) is 0.647. The minimum absolute atomic E-state index is 0.671. The summed E-state index contributed by atoms with van der Waals surface area (Å²) in [5.74, 6) is 0. The van der Waals surface area contributed by atoms with Crippen LogP contribution in [0.2, 0.25) is 0 Å². The number of fused-ring (bicyclic) bond motifs is 1. The van der Waals surface area contributed by atoms with Crippen LogP contribution in [0.3, 0.4) is 0 Å². The number of hydrogen-bond donors (Lipinski definition) is 0. The third-order valence-corrected chi connectivity index (χ3v) is 5.88. The molecule has 0 spiro atoms. The van der Waals surface area contributed by atoms with Gasteiger partial charge in [0.1, 0.15) is 0 Å². The predicted molar refractivity (Wildman–Crippen MR) is 89.5 cm³/mol. The summed E-state index contributed by atoms with van der Waals surface area (Å²) in [6.07, 6.45) is 5.41. The fourth-order valence-corrected chi connectivity index (χ4v) is 3.97. The molecule has 3 rings (SSSR count). The van der Waals surface area contributed by atoms with Crippen LogP contribution in [0.1, 0.15) is 38.2 Å². The van der Waals surface area contributed by atoms with Crippen LogP contribution in [-0.2, 0) is 0 Å². The molecule has 0 radical (unpaired) electrons.